The number of rotatable bonds is 5. The molecule has 108 valence electrons. The molecule has 5 heteroatoms. The van der Waals surface area contributed by atoms with E-state index >= 15 is 0 Å². The van der Waals surface area contributed by atoms with E-state index in [9.17, 15) is 4.39 Å². The smallest absolute Gasteiger partial charge is 0.165 e. The SMILES string of the molecule is CNC(Cc1nc(C)c(C)s1)c1ccc(F)c(OC)c1. The largest absolute Gasteiger partial charge is 0.494 e. The quantitative estimate of drug-likeness (QED) is 0.917. The Morgan fingerprint density at radius 3 is 2.70 bits per heavy atom. The van der Waals surface area contributed by atoms with E-state index in [0.717, 1.165) is 22.7 Å². The van der Waals surface area contributed by atoms with Crippen LogP contribution in [0.3, 0.4) is 0 Å². The van der Waals surface area contributed by atoms with Crippen LogP contribution in [0.25, 0.3) is 0 Å². The molecule has 1 unspecified atom stereocenters. The van der Waals surface area contributed by atoms with Crippen molar-refractivity contribution in [3.63, 3.8) is 0 Å². The first-order valence-corrected chi connectivity index (χ1v) is 7.30. The number of methoxy groups -OCH3 is 1. The van der Waals surface area contributed by atoms with Crippen LogP contribution in [0.2, 0.25) is 0 Å². The molecule has 3 nitrogen and oxygen atoms in total. The third kappa shape index (κ3) is 3.16. The molecular formula is C15H19FN2OS. The summed E-state index contributed by atoms with van der Waals surface area (Å²) in [4.78, 5) is 5.80. The minimum Gasteiger partial charge on any atom is -0.494 e. The number of benzene rings is 1. The molecule has 0 spiro atoms. The number of aryl methyl sites for hydroxylation is 2. The number of thiazole rings is 1. The molecule has 1 heterocycles. The van der Waals surface area contributed by atoms with Crippen LogP contribution >= 0.6 is 11.3 Å². The molecule has 0 saturated heterocycles. The van der Waals surface area contributed by atoms with E-state index < -0.39 is 0 Å². The van der Waals surface area contributed by atoms with E-state index in [4.69, 9.17) is 4.74 Å². The Bertz CT molecular complexity index is 578. The van der Waals surface area contributed by atoms with Gasteiger partial charge in [-0.2, -0.15) is 0 Å². The van der Waals surface area contributed by atoms with Crippen LogP contribution in [-0.4, -0.2) is 19.1 Å². The summed E-state index contributed by atoms with van der Waals surface area (Å²) in [7, 11) is 3.37. The van der Waals surface area contributed by atoms with Gasteiger partial charge >= 0.3 is 0 Å². The van der Waals surface area contributed by atoms with Gasteiger partial charge < -0.3 is 10.1 Å². The van der Waals surface area contributed by atoms with E-state index in [1.54, 1.807) is 23.5 Å². The van der Waals surface area contributed by atoms with Gasteiger partial charge in [0.05, 0.1) is 17.8 Å². The van der Waals surface area contributed by atoms with E-state index in [-0.39, 0.29) is 17.6 Å². The van der Waals surface area contributed by atoms with Crippen molar-refractivity contribution in [2.75, 3.05) is 14.2 Å². The highest BCUT2D eigenvalue weighted by molar-refractivity contribution is 7.11. The lowest BCUT2D eigenvalue weighted by Crippen LogP contribution is -2.19. The summed E-state index contributed by atoms with van der Waals surface area (Å²) in [5.41, 5.74) is 2.08. The molecule has 2 aromatic rings. The van der Waals surface area contributed by atoms with Crippen LogP contribution in [-0.2, 0) is 6.42 Å². The second-order valence-electron chi connectivity index (χ2n) is 4.69. The molecule has 1 N–H and O–H groups in total. The van der Waals surface area contributed by atoms with Gasteiger partial charge in [0.1, 0.15) is 0 Å². The fourth-order valence-electron chi connectivity index (χ4n) is 2.08. The van der Waals surface area contributed by atoms with Crippen molar-refractivity contribution in [3.05, 3.63) is 45.2 Å². The minimum atomic E-state index is -0.341. The molecule has 0 aliphatic heterocycles. The molecule has 20 heavy (non-hydrogen) atoms. The van der Waals surface area contributed by atoms with Crippen LogP contribution < -0.4 is 10.1 Å². The first kappa shape index (κ1) is 14.9. The van der Waals surface area contributed by atoms with Crippen LogP contribution in [0.5, 0.6) is 5.75 Å². The molecule has 0 amide bonds. The molecule has 0 aliphatic rings. The highest BCUT2D eigenvalue weighted by Gasteiger charge is 2.15. The van der Waals surface area contributed by atoms with E-state index in [0.29, 0.717) is 0 Å². The second-order valence-corrected chi connectivity index (χ2v) is 5.98. The van der Waals surface area contributed by atoms with E-state index in [2.05, 4.69) is 17.2 Å². The highest BCUT2D eigenvalue weighted by atomic mass is 32.1. The van der Waals surface area contributed by atoms with Crippen molar-refractivity contribution < 1.29 is 9.13 Å². The van der Waals surface area contributed by atoms with Gasteiger partial charge in [-0.05, 0) is 38.6 Å². The summed E-state index contributed by atoms with van der Waals surface area (Å²) in [6, 6.07) is 5.06. The van der Waals surface area contributed by atoms with Gasteiger partial charge in [-0.25, -0.2) is 9.37 Å². The molecule has 1 aromatic carbocycles. The zero-order valence-corrected chi connectivity index (χ0v) is 13.0. The third-order valence-corrected chi connectivity index (χ3v) is 4.47. The molecule has 2 rings (SSSR count). The Hall–Kier alpha value is -1.46. The summed E-state index contributed by atoms with van der Waals surface area (Å²) in [5, 5.41) is 4.34. The summed E-state index contributed by atoms with van der Waals surface area (Å²) < 4.78 is 18.5. The van der Waals surface area contributed by atoms with Crippen molar-refractivity contribution in [3.8, 4) is 5.75 Å². The number of nitrogens with one attached hydrogen (secondary N) is 1. The number of nitrogens with zero attached hydrogens (tertiary/aromatic N) is 1. The number of aromatic nitrogens is 1. The molecule has 1 atom stereocenters. The van der Waals surface area contributed by atoms with Gasteiger partial charge in [0.25, 0.3) is 0 Å². The zero-order chi connectivity index (χ0) is 14.7. The maximum atomic E-state index is 13.5. The van der Waals surface area contributed by atoms with Crippen LogP contribution in [0.15, 0.2) is 18.2 Å². The summed E-state index contributed by atoms with van der Waals surface area (Å²) in [6.07, 6.45) is 0.782. The van der Waals surface area contributed by atoms with Crippen molar-refractivity contribution in [1.82, 2.24) is 10.3 Å². The fraction of sp³-hybridized carbons (Fsp3) is 0.400. The van der Waals surface area contributed by atoms with Gasteiger partial charge in [-0.15, -0.1) is 11.3 Å². The average molecular weight is 294 g/mol. The molecule has 0 saturated carbocycles. The van der Waals surface area contributed by atoms with E-state index in [1.807, 2.05) is 14.0 Å². The predicted octanol–water partition coefficient (Wildman–Crippen LogP) is 3.41. The number of halogens is 1. The summed E-state index contributed by atoms with van der Waals surface area (Å²) >= 11 is 1.71. The van der Waals surface area contributed by atoms with Gasteiger partial charge in [0.2, 0.25) is 0 Å². The summed E-state index contributed by atoms with van der Waals surface area (Å²) in [5.74, 6) is -0.0682. The normalized spacial score (nSPS) is 12.4. The standard InChI is InChI=1S/C15H19FN2OS/c1-9-10(2)20-15(18-9)8-13(17-3)11-5-6-12(16)14(7-11)19-4/h5-7,13,17H,8H2,1-4H3. The number of hydrogen-bond donors (Lipinski definition) is 1. The molecule has 0 bridgehead atoms. The van der Waals surface area contributed by atoms with Crippen LogP contribution in [0.1, 0.15) is 27.2 Å². The van der Waals surface area contributed by atoms with Crippen LogP contribution in [0.4, 0.5) is 4.39 Å². The molecular weight excluding hydrogens is 275 g/mol. The van der Waals surface area contributed by atoms with Crippen molar-refractivity contribution in [1.29, 1.82) is 0 Å². The first-order chi connectivity index (χ1) is 9.55. The fourth-order valence-corrected chi connectivity index (χ4v) is 3.06. The average Bonchev–Trinajstić information content (AvgIpc) is 2.75. The van der Waals surface area contributed by atoms with Gasteiger partial charge in [0, 0.05) is 17.3 Å². The zero-order valence-electron chi connectivity index (χ0n) is 12.2. The first-order valence-electron chi connectivity index (χ1n) is 6.48. The Kier molecular flexibility index (Phi) is 4.73. The van der Waals surface area contributed by atoms with Crippen molar-refractivity contribution >= 4 is 11.3 Å². The maximum absolute atomic E-state index is 13.5. The molecule has 1 aromatic heterocycles. The second kappa shape index (κ2) is 6.33. The lowest BCUT2D eigenvalue weighted by atomic mass is 10.0. The van der Waals surface area contributed by atoms with Crippen molar-refractivity contribution in [2.45, 2.75) is 26.3 Å². The Balaban J connectivity index is 2.23. The van der Waals surface area contributed by atoms with Gasteiger partial charge in [-0.3, -0.25) is 0 Å². The predicted molar refractivity (Wildman–Crippen MR) is 80.0 cm³/mol. The summed E-state index contributed by atoms with van der Waals surface area (Å²) in [6.45, 7) is 4.09. The monoisotopic (exact) mass is 294 g/mol. The lowest BCUT2D eigenvalue weighted by molar-refractivity contribution is 0.385. The lowest BCUT2D eigenvalue weighted by Gasteiger charge is -2.16. The maximum Gasteiger partial charge on any atom is 0.165 e. The topological polar surface area (TPSA) is 34.2 Å². The Morgan fingerprint density at radius 2 is 2.15 bits per heavy atom. The van der Waals surface area contributed by atoms with Crippen molar-refractivity contribution in [2.24, 2.45) is 0 Å². The van der Waals surface area contributed by atoms with Gasteiger partial charge in [-0.1, -0.05) is 6.07 Å². The Morgan fingerprint density at radius 1 is 1.40 bits per heavy atom. The third-order valence-electron chi connectivity index (χ3n) is 3.38. The number of hydrogen-bond acceptors (Lipinski definition) is 4. The van der Waals surface area contributed by atoms with E-state index in [1.165, 1.54) is 18.1 Å². The van der Waals surface area contributed by atoms with Gasteiger partial charge in [0.15, 0.2) is 11.6 Å². The van der Waals surface area contributed by atoms with Crippen LogP contribution in [0, 0.1) is 19.7 Å². The molecule has 0 radical (unpaired) electrons. The minimum absolute atomic E-state index is 0.0921. The number of likely N-dealkylation sites (N-methyl/N-ethyl adjacent to an activating group) is 1. The highest BCUT2D eigenvalue weighted by Crippen LogP contribution is 2.27. The molecule has 0 fully saturated rings. The Labute approximate surface area is 122 Å². The number of ether oxygens (including phenoxy) is 1. The molecule has 0 aliphatic carbocycles.